The summed E-state index contributed by atoms with van der Waals surface area (Å²) >= 11 is -0.410. The Morgan fingerprint density at radius 1 is 0.955 bits per heavy atom. The monoisotopic (exact) mass is 657 g/mol. The van der Waals surface area contributed by atoms with Gasteiger partial charge in [-0.05, 0) is 77.0 Å². The fourth-order valence-corrected chi connectivity index (χ4v) is 6.14. The Balaban J connectivity index is 1.26. The van der Waals surface area contributed by atoms with Gasteiger partial charge in [0.15, 0.2) is 0 Å². The fraction of sp³-hybridized carbons (Fsp3) is 0.310. The average Bonchev–Trinajstić information content (AvgIpc) is 3.46. The van der Waals surface area contributed by atoms with Crippen molar-refractivity contribution < 1.29 is 21.6 Å². The molecule has 3 aromatic carbocycles. The summed E-state index contributed by atoms with van der Waals surface area (Å²) in [5.41, 5.74) is 3.40. The van der Waals surface area contributed by atoms with Crippen molar-refractivity contribution in [2.75, 3.05) is 21.0 Å². The molecule has 0 aliphatic heterocycles. The van der Waals surface area contributed by atoms with Crippen LogP contribution in [0.3, 0.4) is 0 Å². The van der Waals surface area contributed by atoms with Crippen LogP contribution in [0.15, 0.2) is 78.0 Å². The Kier molecular flexibility index (Phi) is 12.1. The summed E-state index contributed by atoms with van der Waals surface area (Å²) in [7, 11) is -3.39. The Morgan fingerprint density at radius 2 is 1.68 bits per heavy atom. The van der Waals surface area contributed by atoms with E-state index in [2.05, 4.69) is 37.2 Å². The summed E-state index contributed by atoms with van der Waals surface area (Å²) < 4.78 is 47.2. The standard InChI is InChI=1S/C29H35N7O5S3/c1-3-4-5-6-7-11-28(37)30-25-9-8-10-26(20-25)36-29(31-34-35-36)42-21-22-12-14-23(15-13-22)32-43(38)41-27-18-16-24(17-19-27)33-44(2,39)40/h8-10,12-20,32-33H,3-7,11,21H2,1-2H3,(H,30,37). The number of rotatable bonds is 17. The molecule has 44 heavy (non-hydrogen) atoms. The second-order valence-corrected chi connectivity index (χ2v) is 13.5. The summed E-state index contributed by atoms with van der Waals surface area (Å²) in [6.45, 7) is 2.17. The minimum Gasteiger partial charge on any atom is -0.385 e. The van der Waals surface area contributed by atoms with E-state index in [1.54, 1.807) is 16.8 Å². The molecule has 0 aliphatic carbocycles. The van der Waals surface area contributed by atoms with Crippen LogP contribution in [0.4, 0.5) is 17.1 Å². The molecule has 0 aliphatic rings. The van der Waals surface area contributed by atoms with E-state index in [0.29, 0.717) is 40.1 Å². The summed E-state index contributed by atoms with van der Waals surface area (Å²) in [5, 5.41) is 15.7. The minimum atomic E-state index is -3.39. The van der Waals surface area contributed by atoms with Gasteiger partial charge in [-0.15, -0.1) is 5.10 Å². The molecule has 234 valence electrons. The van der Waals surface area contributed by atoms with E-state index in [1.165, 1.54) is 48.9 Å². The van der Waals surface area contributed by atoms with E-state index in [-0.39, 0.29) is 5.91 Å². The van der Waals surface area contributed by atoms with E-state index >= 15 is 0 Å². The second-order valence-electron chi connectivity index (χ2n) is 9.94. The van der Waals surface area contributed by atoms with Gasteiger partial charge in [-0.3, -0.25) is 14.2 Å². The zero-order valence-electron chi connectivity index (χ0n) is 24.4. The maximum Gasteiger partial charge on any atom is 0.316 e. The number of amides is 1. The molecule has 0 spiro atoms. The molecule has 0 fully saturated rings. The SMILES string of the molecule is CCCCCCCC(=O)Nc1cccc(-n2nnnc2SCc2ccc(NS(=O)Oc3ccc(NS(C)(=O)=O)cc3)cc2)c1. The molecule has 1 atom stereocenters. The molecular weight excluding hydrogens is 623 g/mol. The molecule has 4 rings (SSSR count). The van der Waals surface area contributed by atoms with Gasteiger partial charge in [0.1, 0.15) is 5.75 Å². The molecule has 12 nitrogen and oxygen atoms in total. The third-order valence-corrected chi connectivity index (χ3v) is 8.52. The zero-order chi connectivity index (χ0) is 31.4. The number of hydrogen-bond acceptors (Lipinski definition) is 9. The van der Waals surface area contributed by atoms with Crippen molar-refractivity contribution in [3.8, 4) is 11.4 Å². The van der Waals surface area contributed by atoms with Gasteiger partial charge >= 0.3 is 11.3 Å². The lowest BCUT2D eigenvalue weighted by molar-refractivity contribution is -0.116. The quantitative estimate of drug-likeness (QED) is 0.0958. The highest BCUT2D eigenvalue weighted by molar-refractivity contribution is 7.98. The Hall–Kier alpha value is -3.95. The third kappa shape index (κ3) is 11.0. The van der Waals surface area contributed by atoms with E-state index in [1.807, 2.05) is 36.4 Å². The number of nitrogens with one attached hydrogen (secondary N) is 3. The topological polar surface area (TPSA) is 157 Å². The number of unbranched alkanes of at least 4 members (excludes halogenated alkanes) is 4. The van der Waals surface area contributed by atoms with Crippen LogP contribution in [0.25, 0.3) is 5.69 Å². The van der Waals surface area contributed by atoms with E-state index in [0.717, 1.165) is 36.8 Å². The van der Waals surface area contributed by atoms with Crippen LogP contribution in [0.2, 0.25) is 0 Å². The van der Waals surface area contributed by atoms with Crippen molar-refractivity contribution >= 4 is 56.0 Å². The van der Waals surface area contributed by atoms with Crippen molar-refractivity contribution in [1.29, 1.82) is 0 Å². The highest BCUT2D eigenvalue weighted by Crippen LogP contribution is 2.25. The molecule has 0 saturated carbocycles. The molecule has 1 unspecified atom stereocenters. The lowest BCUT2D eigenvalue weighted by Crippen LogP contribution is -2.11. The summed E-state index contributed by atoms with van der Waals surface area (Å²) in [4.78, 5) is 12.4. The zero-order valence-corrected chi connectivity index (χ0v) is 26.9. The Morgan fingerprint density at radius 3 is 2.41 bits per heavy atom. The molecule has 4 aromatic rings. The van der Waals surface area contributed by atoms with E-state index in [9.17, 15) is 17.4 Å². The molecule has 3 N–H and O–H groups in total. The van der Waals surface area contributed by atoms with Gasteiger partial charge in [0.25, 0.3) is 0 Å². The summed E-state index contributed by atoms with van der Waals surface area (Å²) in [6.07, 6.45) is 7.03. The first-order valence-corrected chi connectivity index (χ1v) is 18.0. The van der Waals surface area contributed by atoms with Crippen molar-refractivity contribution in [2.24, 2.45) is 0 Å². The third-order valence-electron chi connectivity index (χ3n) is 6.18. The first-order chi connectivity index (χ1) is 21.2. The minimum absolute atomic E-state index is 0.00330. The number of benzene rings is 3. The lowest BCUT2D eigenvalue weighted by atomic mass is 10.1. The van der Waals surface area contributed by atoms with Crippen LogP contribution < -0.4 is 18.9 Å². The predicted molar refractivity (Wildman–Crippen MR) is 174 cm³/mol. The molecule has 0 saturated heterocycles. The molecule has 1 amide bonds. The fourth-order valence-electron chi connectivity index (χ4n) is 4.07. The molecule has 1 aromatic heterocycles. The first-order valence-electron chi connectivity index (χ1n) is 14.0. The van der Waals surface area contributed by atoms with Crippen LogP contribution in [-0.4, -0.2) is 45.0 Å². The van der Waals surface area contributed by atoms with Gasteiger partial charge in [0.2, 0.25) is 21.1 Å². The maximum absolute atomic E-state index is 12.4. The van der Waals surface area contributed by atoms with Gasteiger partial charge in [-0.2, -0.15) is 8.89 Å². The Bertz CT molecular complexity index is 1650. The van der Waals surface area contributed by atoms with E-state index < -0.39 is 21.3 Å². The average molecular weight is 658 g/mol. The predicted octanol–water partition coefficient (Wildman–Crippen LogP) is 5.69. The van der Waals surface area contributed by atoms with Crippen LogP contribution in [0.1, 0.15) is 51.0 Å². The van der Waals surface area contributed by atoms with Crippen LogP contribution in [0.5, 0.6) is 5.75 Å². The second kappa shape index (κ2) is 16.2. The van der Waals surface area contributed by atoms with Gasteiger partial charge in [0.05, 0.1) is 11.9 Å². The number of carbonyl (C=O) groups is 1. The molecule has 0 radical (unpaired) electrons. The highest BCUT2D eigenvalue weighted by atomic mass is 32.2. The number of anilines is 3. The normalized spacial score (nSPS) is 12.0. The number of hydrogen-bond donors (Lipinski definition) is 3. The molecule has 0 bridgehead atoms. The van der Waals surface area contributed by atoms with Gasteiger partial charge < -0.3 is 9.50 Å². The lowest BCUT2D eigenvalue weighted by Gasteiger charge is -2.10. The Labute approximate surface area is 264 Å². The smallest absolute Gasteiger partial charge is 0.316 e. The largest absolute Gasteiger partial charge is 0.385 e. The van der Waals surface area contributed by atoms with Crippen molar-refractivity contribution in [2.45, 2.75) is 56.4 Å². The number of sulfonamides is 1. The van der Waals surface area contributed by atoms with Crippen LogP contribution in [-0.2, 0) is 31.8 Å². The molecule has 1 heterocycles. The van der Waals surface area contributed by atoms with Crippen molar-refractivity contribution in [3.05, 3.63) is 78.4 Å². The molecular formula is C29H35N7O5S3. The van der Waals surface area contributed by atoms with E-state index in [4.69, 9.17) is 4.18 Å². The number of aromatic nitrogens is 4. The van der Waals surface area contributed by atoms with Gasteiger partial charge in [-0.25, -0.2) is 8.42 Å². The van der Waals surface area contributed by atoms with Gasteiger partial charge in [0, 0.05) is 29.2 Å². The summed E-state index contributed by atoms with van der Waals surface area (Å²) in [6, 6.07) is 20.9. The van der Waals surface area contributed by atoms with Crippen LogP contribution in [0, 0.1) is 0 Å². The number of nitrogens with zero attached hydrogens (tertiary/aromatic N) is 4. The van der Waals surface area contributed by atoms with Gasteiger partial charge in [-0.1, -0.05) is 62.6 Å². The highest BCUT2D eigenvalue weighted by Gasteiger charge is 2.12. The summed E-state index contributed by atoms with van der Waals surface area (Å²) in [5.74, 6) is 0.894. The van der Waals surface area contributed by atoms with Crippen molar-refractivity contribution in [3.63, 3.8) is 0 Å². The number of tetrazole rings is 1. The maximum atomic E-state index is 12.4. The number of thioether (sulfide) groups is 1. The number of carbonyl (C=O) groups excluding carboxylic acids is 1. The molecule has 15 heteroatoms. The van der Waals surface area contributed by atoms with Crippen molar-refractivity contribution in [1.82, 2.24) is 20.2 Å². The first kappa shape index (κ1) is 33.0. The van der Waals surface area contributed by atoms with Crippen LogP contribution >= 0.6 is 11.8 Å².